The van der Waals surface area contributed by atoms with Crippen molar-refractivity contribution in [1.82, 2.24) is 25.0 Å². The summed E-state index contributed by atoms with van der Waals surface area (Å²) in [6.07, 6.45) is 7.10. The molecule has 134 valence electrons. The first kappa shape index (κ1) is 16.1. The second-order valence-corrected chi connectivity index (χ2v) is 9.82. The summed E-state index contributed by atoms with van der Waals surface area (Å²) in [5.41, 5.74) is 3.73. The number of rotatable bonds is 3. The molecule has 5 rings (SSSR count). The molecule has 0 bridgehead atoms. The van der Waals surface area contributed by atoms with E-state index in [9.17, 15) is 0 Å². The number of aromatic nitrogens is 5. The maximum atomic E-state index is 4.68. The molecule has 6 heteroatoms. The lowest BCUT2D eigenvalue weighted by Gasteiger charge is -2.19. The summed E-state index contributed by atoms with van der Waals surface area (Å²) in [6.45, 7) is 5.63. The van der Waals surface area contributed by atoms with E-state index in [1.165, 1.54) is 17.0 Å². The maximum Gasteiger partial charge on any atom is 0.143 e. The predicted molar refractivity (Wildman–Crippen MR) is 104 cm³/mol. The second kappa shape index (κ2) is 5.71. The van der Waals surface area contributed by atoms with Gasteiger partial charge >= 0.3 is 0 Å². The minimum absolute atomic E-state index is 0.0549. The molecule has 2 aliphatic rings. The largest absolute Gasteiger partial charge is 0.313 e. The minimum atomic E-state index is 0.0549. The van der Waals surface area contributed by atoms with Crippen LogP contribution in [0, 0.1) is 0 Å². The highest BCUT2D eigenvalue weighted by Crippen LogP contribution is 2.53. The van der Waals surface area contributed by atoms with Crippen LogP contribution in [-0.4, -0.2) is 35.5 Å². The van der Waals surface area contributed by atoms with Gasteiger partial charge in [0.15, 0.2) is 0 Å². The molecule has 0 amide bonds. The Kier molecular flexibility index (Phi) is 3.54. The highest BCUT2D eigenvalue weighted by molar-refractivity contribution is 8.00. The van der Waals surface area contributed by atoms with Crippen molar-refractivity contribution >= 4 is 11.8 Å². The predicted octanol–water partition coefficient (Wildman–Crippen LogP) is 3.82. The first-order chi connectivity index (χ1) is 12.6. The Hall–Kier alpha value is -2.08. The molecule has 26 heavy (non-hydrogen) atoms. The molecule has 3 aromatic rings. The summed E-state index contributed by atoms with van der Waals surface area (Å²) in [5.74, 6) is 3.44. The molecule has 1 N–H and O–H groups in total. The molecule has 3 heterocycles. The van der Waals surface area contributed by atoms with Crippen molar-refractivity contribution in [2.45, 2.75) is 49.8 Å². The molecule has 0 radical (unpaired) electrons. The molecule has 0 atom stereocenters. The lowest BCUT2D eigenvalue weighted by Crippen LogP contribution is -2.19. The Balaban J connectivity index is 1.50. The molecule has 0 spiro atoms. The van der Waals surface area contributed by atoms with E-state index in [1.807, 2.05) is 24.2 Å². The van der Waals surface area contributed by atoms with Gasteiger partial charge in [-0.2, -0.15) is 16.9 Å². The first-order valence-electron chi connectivity index (χ1n) is 9.24. The van der Waals surface area contributed by atoms with E-state index in [4.69, 9.17) is 0 Å². The molecule has 1 aliphatic carbocycles. The number of nitrogens with zero attached hydrogens (tertiary/aromatic N) is 4. The fraction of sp³-hybridized carbons (Fsp3) is 0.450. The summed E-state index contributed by atoms with van der Waals surface area (Å²) in [6, 6.07) is 8.90. The molecule has 1 saturated carbocycles. The van der Waals surface area contributed by atoms with Gasteiger partial charge in [0.1, 0.15) is 11.6 Å². The van der Waals surface area contributed by atoms with E-state index in [-0.39, 0.29) is 10.2 Å². The van der Waals surface area contributed by atoms with Gasteiger partial charge in [-0.1, -0.05) is 38.1 Å². The van der Waals surface area contributed by atoms with Crippen molar-refractivity contribution in [2.24, 2.45) is 0 Å². The normalized spacial score (nSPS) is 20.4. The van der Waals surface area contributed by atoms with Crippen LogP contribution in [0.1, 0.15) is 43.9 Å². The molecule has 1 aromatic carbocycles. The molecule has 1 fully saturated rings. The third kappa shape index (κ3) is 2.58. The van der Waals surface area contributed by atoms with Crippen LogP contribution in [0.3, 0.4) is 0 Å². The van der Waals surface area contributed by atoms with Gasteiger partial charge in [-0.15, -0.1) is 10.2 Å². The van der Waals surface area contributed by atoms with E-state index in [0.29, 0.717) is 0 Å². The lowest BCUT2D eigenvalue weighted by molar-refractivity contribution is 0.607. The van der Waals surface area contributed by atoms with E-state index >= 15 is 0 Å². The van der Waals surface area contributed by atoms with Crippen LogP contribution < -0.4 is 0 Å². The summed E-state index contributed by atoms with van der Waals surface area (Å²) < 4.78 is 2.64. The van der Waals surface area contributed by atoms with Gasteiger partial charge in [0.2, 0.25) is 0 Å². The van der Waals surface area contributed by atoms with Crippen molar-refractivity contribution in [3.63, 3.8) is 0 Å². The van der Waals surface area contributed by atoms with E-state index in [1.54, 1.807) is 0 Å². The molecule has 5 nitrogen and oxygen atoms in total. The van der Waals surface area contributed by atoms with Crippen LogP contribution in [0.2, 0.25) is 0 Å². The quantitative estimate of drug-likeness (QED) is 0.767. The zero-order valence-electron chi connectivity index (χ0n) is 15.2. The van der Waals surface area contributed by atoms with Crippen molar-refractivity contribution in [2.75, 3.05) is 5.75 Å². The summed E-state index contributed by atoms with van der Waals surface area (Å²) in [7, 11) is 0. The number of aromatic amines is 1. The fourth-order valence-corrected chi connectivity index (χ4v) is 5.11. The van der Waals surface area contributed by atoms with Crippen LogP contribution in [0.4, 0.5) is 0 Å². The Bertz CT molecular complexity index is 920. The molecular formula is C20H23N5S. The fourth-order valence-electron chi connectivity index (χ4n) is 4.06. The average Bonchev–Trinajstić information content (AvgIpc) is 3.11. The molecular weight excluding hydrogens is 342 g/mol. The van der Waals surface area contributed by atoms with Crippen LogP contribution in [0.25, 0.3) is 11.1 Å². The number of H-pyrrole nitrogens is 1. The van der Waals surface area contributed by atoms with Crippen LogP contribution in [0.5, 0.6) is 0 Å². The zero-order chi connectivity index (χ0) is 17.8. The summed E-state index contributed by atoms with van der Waals surface area (Å²) in [5, 5.41) is 16.2. The first-order valence-corrected chi connectivity index (χ1v) is 10.2. The van der Waals surface area contributed by atoms with Gasteiger partial charge in [0.05, 0.1) is 11.6 Å². The van der Waals surface area contributed by atoms with E-state index in [2.05, 4.69) is 63.1 Å². The number of hydrogen-bond donors (Lipinski definition) is 1. The van der Waals surface area contributed by atoms with E-state index in [0.717, 1.165) is 42.9 Å². The third-order valence-electron chi connectivity index (χ3n) is 5.67. The molecule has 0 unspecified atom stereocenters. The monoisotopic (exact) mass is 365 g/mol. The second-order valence-electron chi connectivity index (χ2n) is 8.02. The Morgan fingerprint density at radius 3 is 2.58 bits per heavy atom. The van der Waals surface area contributed by atoms with Gasteiger partial charge < -0.3 is 4.57 Å². The van der Waals surface area contributed by atoms with Crippen LogP contribution >= 0.6 is 11.8 Å². The Morgan fingerprint density at radius 1 is 1.08 bits per heavy atom. The lowest BCUT2D eigenvalue weighted by atomic mass is 9.93. The topological polar surface area (TPSA) is 59.4 Å². The summed E-state index contributed by atoms with van der Waals surface area (Å²) in [4.78, 5) is 0. The zero-order valence-corrected chi connectivity index (χ0v) is 16.0. The molecule has 1 aliphatic heterocycles. The number of thioether (sulfide) groups is 1. The Labute approximate surface area is 157 Å². The highest BCUT2D eigenvalue weighted by Gasteiger charge is 2.50. The average molecular weight is 366 g/mol. The minimum Gasteiger partial charge on any atom is -0.313 e. The van der Waals surface area contributed by atoms with Crippen molar-refractivity contribution in [3.8, 4) is 11.1 Å². The highest BCUT2D eigenvalue weighted by atomic mass is 32.2. The van der Waals surface area contributed by atoms with Gasteiger partial charge in [-0.25, -0.2) is 0 Å². The number of benzene rings is 1. The smallest absolute Gasteiger partial charge is 0.143 e. The number of nitrogens with one attached hydrogen (secondary N) is 1. The van der Waals surface area contributed by atoms with Gasteiger partial charge in [-0.3, -0.25) is 5.10 Å². The van der Waals surface area contributed by atoms with Crippen molar-refractivity contribution < 1.29 is 0 Å². The van der Waals surface area contributed by atoms with Crippen molar-refractivity contribution in [3.05, 3.63) is 53.9 Å². The van der Waals surface area contributed by atoms with Gasteiger partial charge in [-0.05, 0) is 24.0 Å². The van der Waals surface area contributed by atoms with E-state index < -0.39 is 0 Å². The Morgan fingerprint density at radius 2 is 1.88 bits per heavy atom. The number of hydrogen-bond acceptors (Lipinski definition) is 4. The number of fused-ring (bicyclic) bond motifs is 1. The standard InChI is InChI=1S/C20H23N5S/c1-19(2)11-17-23-24-18(25(17)9-10-26-19)20(7-8-20)16-5-3-14(4-6-16)15-12-21-22-13-15/h3-6,12-13H,7-11H2,1-2H3,(H,21,22). The van der Waals surface area contributed by atoms with Crippen LogP contribution in [0.15, 0.2) is 36.7 Å². The summed E-state index contributed by atoms with van der Waals surface area (Å²) >= 11 is 2.04. The third-order valence-corrected chi connectivity index (χ3v) is 6.98. The van der Waals surface area contributed by atoms with Gasteiger partial charge in [0.25, 0.3) is 0 Å². The van der Waals surface area contributed by atoms with Crippen molar-refractivity contribution in [1.29, 1.82) is 0 Å². The molecule has 0 saturated heterocycles. The maximum absolute atomic E-state index is 4.68. The molecule has 2 aromatic heterocycles. The van der Waals surface area contributed by atoms with Gasteiger partial charge in [0, 0.05) is 35.2 Å². The SMILES string of the molecule is CC1(C)Cc2nnc(C3(c4ccc(-c5cn[nH]c5)cc4)CC3)n2CCS1. The van der Waals surface area contributed by atoms with Crippen LogP contribution in [-0.2, 0) is 18.4 Å².